The quantitative estimate of drug-likeness (QED) is 0.519. The maximum Gasteiger partial charge on any atom is 0.254 e. The van der Waals surface area contributed by atoms with Crippen molar-refractivity contribution in [1.29, 1.82) is 0 Å². The van der Waals surface area contributed by atoms with Crippen LogP contribution in [0.1, 0.15) is 10.4 Å². The fourth-order valence-corrected chi connectivity index (χ4v) is 5.78. The SMILES string of the molecule is COc1cc(C(=O)N2CCN(c3nc4c(S(C)(=O)=O)cccc4s3)CC2)cc(OC)c1OC. The number of para-hydroxylation sites is 1. The second-order valence-corrected chi connectivity index (χ2v) is 10.6. The van der Waals surface area contributed by atoms with Crippen LogP contribution in [0.3, 0.4) is 0 Å². The molecule has 4 rings (SSSR count). The van der Waals surface area contributed by atoms with E-state index in [4.69, 9.17) is 14.2 Å². The zero-order valence-corrected chi connectivity index (χ0v) is 20.5. The Balaban J connectivity index is 1.52. The maximum atomic E-state index is 13.2. The molecule has 0 saturated carbocycles. The molecular formula is C22H25N3O6S2. The second-order valence-electron chi connectivity index (χ2n) is 7.56. The van der Waals surface area contributed by atoms with Gasteiger partial charge in [-0.25, -0.2) is 13.4 Å². The summed E-state index contributed by atoms with van der Waals surface area (Å²) in [6.07, 6.45) is 1.19. The number of aromatic nitrogens is 1. The molecular weight excluding hydrogens is 466 g/mol. The zero-order valence-electron chi connectivity index (χ0n) is 18.8. The van der Waals surface area contributed by atoms with Crippen molar-refractivity contribution < 1.29 is 27.4 Å². The van der Waals surface area contributed by atoms with E-state index in [0.29, 0.717) is 54.5 Å². The standard InChI is InChI=1S/C22H25N3O6S2/c1-29-15-12-14(13-16(30-2)20(15)31-3)21(26)24-8-10-25(11-9-24)22-23-19-17(32-22)6-5-7-18(19)33(4,27)28/h5-7,12-13H,8-11H2,1-4H3. The van der Waals surface area contributed by atoms with Gasteiger partial charge in [-0.1, -0.05) is 17.4 Å². The van der Waals surface area contributed by atoms with E-state index in [1.54, 1.807) is 29.2 Å². The van der Waals surface area contributed by atoms with Gasteiger partial charge in [-0.05, 0) is 24.3 Å². The molecule has 1 aromatic heterocycles. The van der Waals surface area contributed by atoms with Crippen molar-refractivity contribution in [2.75, 3.05) is 58.7 Å². The lowest BCUT2D eigenvalue weighted by molar-refractivity contribution is 0.0746. The largest absolute Gasteiger partial charge is 0.493 e. The summed E-state index contributed by atoms with van der Waals surface area (Å²) in [6.45, 7) is 2.18. The predicted molar refractivity (Wildman–Crippen MR) is 127 cm³/mol. The third kappa shape index (κ3) is 4.42. The molecule has 0 atom stereocenters. The highest BCUT2D eigenvalue weighted by molar-refractivity contribution is 7.91. The second kappa shape index (κ2) is 9.06. The van der Waals surface area contributed by atoms with Crippen LogP contribution in [0.2, 0.25) is 0 Å². The number of anilines is 1. The van der Waals surface area contributed by atoms with Gasteiger partial charge in [0.05, 0.1) is 30.9 Å². The molecule has 2 aromatic carbocycles. The van der Waals surface area contributed by atoms with E-state index in [2.05, 4.69) is 9.88 Å². The first-order valence-electron chi connectivity index (χ1n) is 10.2. The minimum atomic E-state index is -3.37. The predicted octanol–water partition coefficient (Wildman–Crippen LogP) is 2.69. The summed E-state index contributed by atoms with van der Waals surface area (Å²) in [7, 11) is 1.17. The molecule has 0 unspecified atom stereocenters. The van der Waals surface area contributed by atoms with Crippen molar-refractivity contribution in [3.05, 3.63) is 35.9 Å². The zero-order chi connectivity index (χ0) is 23.8. The van der Waals surface area contributed by atoms with E-state index in [1.165, 1.54) is 38.9 Å². The van der Waals surface area contributed by atoms with E-state index in [-0.39, 0.29) is 10.8 Å². The number of thiazole rings is 1. The number of fused-ring (bicyclic) bond motifs is 1. The van der Waals surface area contributed by atoms with Gasteiger partial charge in [-0.15, -0.1) is 0 Å². The lowest BCUT2D eigenvalue weighted by atomic mass is 10.1. The molecule has 0 spiro atoms. The van der Waals surface area contributed by atoms with Gasteiger partial charge in [0.15, 0.2) is 26.5 Å². The molecule has 176 valence electrons. The Bertz CT molecular complexity index is 1270. The normalized spacial score (nSPS) is 14.4. The number of ether oxygens (including phenoxy) is 3. The molecule has 1 fully saturated rings. The van der Waals surface area contributed by atoms with Crippen molar-refractivity contribution in [3.8, 4) is 17.2 Å². The van der Waals surface area contributed by atoms with Crippen molar-refractivity contribution in [3.63, 3.8) is 0 Å². The van der Waals surface area contributed by atoms with Crippen LogP contribution in [-0.4, -0.2) is 78.0 Å². The number of carbonyl (C=O) groups excluding carboxylic acids is 1. The topological polar surface area (TPSA) is 98.3 Å². The monoisotopic (exact) mass is 491 g/mol. The van der Waals surface area contributed by atoms with E-state index in [0.717, 1.165) is 9.83 Å². The van der Waals surface area contributed by atoms with Crippen LogP contribution in [0.5, 0.6) is 17.2 Å². The van der Waals surface area contributed by atoms with Crippen molar-refractivity contribution >= 4 is 42.4 Å². The lowest BCUT2D eigenvalue weighted by Gasteiger charge is -2.34. The third-order valence-corrected chi connectivity index (χ3v) is 7.73. The van der Waals surface area contributed by atoms with Crippen LogP contribution in [0.15, 0.2) is 35.2 Å². The Morgan fingerprint density at radius 2 is 1.64 bits per heavy atom. The highest BCUT2D eigenvalue weighted by Crippen LogP contribution is 2.39. The maximum absolute atomic E-state index is 13.2. The molecule has 0 aliphatic carbocycles. The summed E-state index contributed by atoms with van der Waals surface area (Å²) in [5, 5.41) is 0.751. The Morgan fingerprint density at radius 1 is 1.00 bits per heavy atom. The number of amides is 1. The van der Waals surface area contributed by atoms with Gasteiger partial charge in [-0.3, -0.25) is 4.79 Å². The van der Waals surface area contributed by atoms with Gasteiger partial charge >= 0.3 is 0 Å². The van der Waals surface area contributed by atoms with Gasteiger partial charge in [0.2, 0.25) is 5.75 Å². The number of benzene rings is 2. The fourth-order valence-electron chi connectivity index (χ4n) is 3.83. The van der Waals surface area contributed by atoms with Crippen LogP contribution >= 0.6 is 11.3 Å². The first-order chi connectivity index (χ1) is 15.8. The molecule has 1 saturated heterocycles. The number of carbonyl (C=O) groups is 1. The minimum Gasteiger partial charge on any atom is -0.493 e. The van der Waals surface area contributed by atoms with Crippen LogP contribution in [0, 0.1) is 0 Å². The van der Waals surface area contributed by atoms with Gasteiger partial charge < -0.3 is 24.0 Å². The summed E-state index contributed by atoms with van der Waals surface area (Å²) >= 11 is 1.45. The molecule has 0 radical (unpaired) electrons. The van der Waals surface area contributed by atoms with Crippen molar-refractivity contribution in [2.45, 2.75) is 4.90 Å². The van der Waals surface area contributed by atoms with Crippen LogP contribution < -0.4 is 19.1 Å². The Kier molecular flexibility index (Phi) is 6.35. The molecule has 0 N–H and O–H groups in total. The van der Waals surface area contributed by atoms with Crippen molar-refractivity contribution in [2.24, 2.45) is 0 Å². The minimum absolute atomic E-state index is 0.127. The molecule has 1 aliphatic rings. The molecule has 9 nitrogen and oxygen atoms in total. The van der Waals surface area contributed by atoms with Crippen molar-refractivity contribution in [1.82, 2.24) is 9.88 Å². The number of nitrogens with zero attached hydrogens (tertiary/aromatic N) is 3. The third-order valence-electron chi connectivity index (χ3n) is 5.52. The summed E-state index contributed by atoms with van der Waals surface area (Å²) in [5.41, 5.74) is 0.951. The first-order valence-corrected chi connectivity index (χ1v) is 12.9. The van der Waals surface area contributed by atoms with Gasteiger partial charge in [-0.2, -0.15) is 0 Å². The number of hydrogen-bond acceptors (Lipinski definition) is 9. The van der Waals surface area contributed by atoms with E-state index >= 15 is 0 Å². The van der Waals surface area contributed by atoms with E-state index in [1.807, 2.05) is 6.07 Å². The number of sulfone groups is 1. The average Bonchev–Trinajstić information content (AvgIpc) is 3.26. The average molecular weight is 492 g/mol. The van der Waals surface area contributed by atoms with E-state index in [9.17, 15) is 13.2 Å². The number of piperazine rings is 1. The molecule has 0 bridgehead atoms. The highest BCUT2D eigenvalue weighted by atomic mass is 32.2. The lowest BCUT2D eigenvalue weighted by Crippen LogP contribution is -2.48. The Labute approximate surface area is 196 Å². The molecule has 1 amide bonds. The molecule has 11 heteroatoms. The smallest absolute Gasteiger partial charge is 0.254 e. The summed E-state index contributed by atoms with van der Waals surface area (Å²) in [6, 6.07) is 8.48. The summed E-state index contributed by atoms with van der Waals surface area (Å²) in [5.74, 6) is 1.16. The van der Waals surface area contributed by atoms with E-state index < -0.39 is 9.84 Å². The Hall–Kier alpha value is -3.05. The van der Waals surface area contributed by atoms with Gasteiger partial charge in [0.1, 0.15) is 5.52 Å². The Morgan fingerprint density at radius 3 is 2.18 bits per heavy atom. The van der Waals surface area contributed by atoms with Crippen LogP contribution in [0.4, 0.5) is 5.13 Å². The molecule has 3 aromatic rings. The number of hydrogen-bond donors (Lipinski definition) is 0. The fraction of sp³-hybridized carbons (Fsp3) is 0.364. The number of rotatable bonds is 6. The molecule has 33 heavy (non-hydrogen) atoms. The summed E-state index contributed by atoms with van der Waals surface area (Å²) in [4.78, 5) is 21.8. The van der Waals surface area contributed by atoms with Gasteiger partial charge in [0, 0.05) is 38.0 Å². The summed E-state index contributed by atoms with van der Waals surface area (Å²) < 4.78 is 41.1. The first kappa shape index (κ1) is 23.1. The van der Waals surface area contributed by atoms with Crippen LogP contribution in [0.25, 0.3) is 10.2 Å². The number of methoxy groups -OCH3 is 3. The highest BCUT2D eigenvalue weighted by Gasteiger charge is 2.26. The van der Waals surface area contributed by atoms with Crippen LogP contribution in [-0.2, 0) is 9.84 Å². The molecule has 2 heterocycles. The van der Waals surface area contributed by atoms with Gasteiger partial charge in [0.25, 0.3) is 5.91 Å². The molecule has 1 aliphatic heterocycles.